The van der Waals surface area contributed by atoms with Gasteiger partial charge in [-0.25, -0.2) is 0 Å². The van der Waals surface area contributed by atoms with Crippen LogP contribution in [0.1, 0.15) is 15.9 Å². The van der Waals surface area contributed by atoms with Crippen LogP contribution in [0.25, 0.3) is 32.9 Å². The molecule has 0 spiro atoms. The van der Waals surface area contributed by atoms with Crippen LogP contribution >= 0.6 is 0 Å². The standard InChI is InChI=1S/C31H24N2O2/c1-35-28-13-7-22(8-14-28)21-32-17-15-23-9-11-26(19-29(23)32)27-12-10-24-16-18-33(30(24)20-27)31(34)25-5-3-2-4-6-25/h2-20H,21H2,1H3. The van der Waals surface area contributed by atoms with E-state index in [1.807, 2.05) is 54.7 Å². The zero-order valence-corrected chi connectivity index (χ0v) is 19.4. The molecule has 0 unspecified atom stereocenters. The van der Waals surface area contributed by atoms with Crippen LogP contribution in [-0.4, -0.2) is 22.2 Å². The van der Waals surface area contributed by atoms with E-state index in [4.69, 9.17) is 4.74 Å². The van der Waals surface area contributed by atoms with Gasteiger partial charge < -0.3 is 9.30 Å². The SMILES string of the molecule is COc1ccc(Cn2ccc3ccc(-c4ccc5ccn(C(=O)c6ccccc6)c5c4)cc32)cc1. The number of methoxy groups -OCH3 is 1. The number of nitrogens with zero attached hydrogens (tertiary/aromatic N) is 2. The topological polar surface area (TPSA) is 36.2 Å². The summed E-state index contributed by atoms with van der Waals surface area (Å²) in [4.78, 5) is 13.1. The van der Waals surface area contributed by atoms with Gasteiger partial charge >= 0.3 is 0 Å². The molecule has 0 saturated heterocycles. The van der Waals surface area contributed by atoms with Crippen molar-refractivity contribution in [3.05, 3.63) is 127 Å². The van der Waals surface area contributed by atoms with Crippen molar-refractivity contribution in [2.24, 2.45) is 0 Å². The van der Waals surface area contributed by atoms with Crippen LogP contribution in [-0.2, 0) is 6.54 Å². The van der Waals surface area contributed by atoms with Gasteiger partial charge in [0.05, 0.1) is 12.6 Å². The molecule has 0 bridgehead atoms. The highest BCUT2D eigenvalue weighted by atomic mass is 16.5. The highest BCUT2D eigenvalue weighted by molar-refractivity contribution is 6.03. The van der Waals surface area contributed by atoms with Gasteiger partial charge in [0.15, 0.2) is 0 Å². The molecular weight excluding hydrogens is 432 g/mol. The van der Waals surface area contributed by atoms with Gasteiger partial charge in [-0.1, -0.05) is 54.6 Å². The van der Waals surface area contributed by atoms with Crippen molar-refractivity contribution >= 4 is 27.7 Å². The first-order valence-electron chi connectivity index (χ1n) is 11.6. The number of fused-ring (bicyclic) bond motifs is 2. The van der Waals surface area contributed by atoms with Crippen molar-refractivity contribution in [2.45, 2.75) is 6.54 Å². The lowest BCUT2D eigenvalue weighted by Gasteiger charge is -2.09. The number of ether oxygens (including phenoxy) is 1. The maximum absolute atomic E-state index is 13.1. The summed E-state index contributed by atoms with van der Waals surface area (Å²) < 4.78 is 9.28. The Balaban J connectivity index is 1.37. The average Bonchev–Trinajstić information content (AvgIpc) is 3.52. The second-order valence-electron chi connectivity index (χ2n) is 8.70. The van der Waals surface area contributed by atoms with Crippen LogP contribution in [0.15, 0.2) is 116 Å². The molecule has 0 aliphatic carbocycles. The molecule has 0 radical (unpaired) electrons. The van der Waals surface area contributed by atoms with E-state index < -0.39 is 0 Å². The predicted octanol–water partition coefficient (Wildman–Crippen LogP) is 7.01. The Morgan fingerprint density at radius 2 is 1.37 bits per heavy atom. The molecular formula is C31H24N2O2. The lowest BCUT2D eigenvalue weighted by molar-refractivity contribution is 0.0965. The van der Waals surface area contributed by atoms with Gasteiger partial charge in [0.25, 0.3) is 5.91 Å². The molecule has 0 aliphatic rings. The first-order valence-corrected chi connectivity index (χ1v) is 11.6. The fraction of sp³-hybridized carbons (Fsp3) is 0.0645. The molecule has 4 heteroatoms. The largest absolute Gasteiger partial charge is 0.497 e. The molecule has 0 aliphatic heterocycles. The third-order valence-electron chi connectivity index (χ3n) is 6.55. The Bertz CT molecular complexity index is 1660. The summed E-state index contributed by atoms with van der Waals surface area (Å²) in [6.45, 7) is 0.782. The molecule has 0 saturated carbocycles. The molecule has 6 rings (SSSR count). The van der Waals surface area contributed by atoms with E-state index in [2.05, 4.69) is 65.4 Å². The third-order valence-corrected chi connectivity index (χ3v) is 6.55. The number of hydrogen-bond acceptors (Lipinski definition) is 2. The zero-order valence-electron chi connectivity index (χ0n) is 19.4. The van der Waals surface area contributed by atoms with E-state index in [-0.39, 0.29) is 5.91 Å². The van der Waals surface area contributed by atoms with Gasteiger partial charge in [-0.3, -0.25) is 9.36 Å². The number of aromatic nitrogens is 2. The van der Waals surface area contributed by atoms with E-state index in [1.54, 1.807) is 11.7 Å². The van der Waals surface area contributed by atoms with Crippen molar-refractivity contribution in [3.63, 3.8) is 0 Å². The second-order valence-corrected chi connectivity index (χ2v) is 8.70. The fourth-order valence-corrected chi connectivity index (χ4v) is 4.63. The lowest BCUT2D eigenvalue weighted by atomic mass is 10.0. The highest BCUT2D eigenvalue weighted by Crippen LogP contribution is 2.29. The fourth-order valence-electron chi connectivity index (χ4n) is 4.63. The van der Waals surface area contributed by atoms with Gasteiger partial charge in [0.2, 0.25) is 0 Å². The first kappa shape index (κ1) is 21.0. The summed E-state index contributed by atoms with van der Waals surface area (Å²) in [5, 5.41) is 2.24. The van der Waals surface area contributed by atoms with Crippen molar-refractivity contribution in [3.8, 4) is 16.9 Å². The molecule has 0 fully saturated rings. The molecule has 170 valence electrons. The van der Waals surface area contributed by atoms with Crippen LogP contribution in [0.5, 0.6) is 5.75 Å². The molecule has 0 atom stereocenters. The molecule has 4 nitrogen and oxygen atoms in total. The maximum atomic E-state index is 13.1. The normalized spacial score (nSPS) is 11.2. The van der Waals surface area contributed by atoms with Crippen molar-refractivity contribution in [2.75, 3.05) is 7.11 Å². The molecule has 6 aromatic rings. The van der Waals surface area contributed by atoms with Crippen LogP contribution in [0.2, 0.25) is 0 Å². The van der Waals surface area contributed by atoms with Gasteiger partial charge in [-0.2, -0.15) is 0 Å². The minimum absolute atomic E-state index is 0.0263. The molecule has 0 N–H and O–H groups in total. The lowest BCUT2D eigenvalue weighted by Crippen LogP contribution is -2.10. The number of carbonyl (C=O) groups is 1. The molecule has 2 heterocycles. The summed E-state index contributed by atoms with van der Waals surface area (Å²) in [6.07, 6.45) is 3.98. The van der Waals surface area contributed by atoms with Crippen LogP contribution < -0.4 is 4.74 Å². The average molecular weight is 457 g/mol. The van der Waals surface area contributed by atoms with E-state index >= 15 is 0 Å². The van der Waals surface area contributed by atoms with E-state index in [0.717, 1.165) is 34.3 Å². The summed E-state index contributed by atoms with van der Waals surface area (Å²) in [6, 6.07) is 34.6. The smallest absolute Gasteiger partial charge is 0.262 e. The predicted molar refractivity (Wildman–Crippen MR) is 141 cm³/mol. The monoisotopic (exact) mass is 456 g/mol. The summed E-state index contributed by atoms with van der Waals surface area (Å²) in [5.41, 5.74) is 6.17. The quantitative estimate of drug-likeness (QED) is 0.280. The van der Waals surface area contributed by atoms with Gasteiger partial charge in [0, 0.05) is 35.4 Å². The summed E-state index contributed by atoms with van der Waals surface area (Å²) >= 11 is 0. The van der Waals surface area contributed by atoms with Gasteiger partial charge in [-0.15, -0.1) is 0 Å². The highest BCUT2D eigenvalue weighted by Gasteiger charge is 2.13. The third kappa shape index (κ3) is 3.89. The number of benzene rings is 4. The number of rotatable bonds is 5. The Morgan fingerprint density at radius 1 is 0.714 bits per heavy atom. The van der Waals surface area contributed by atoms with E-state index in [1.165, 1.54) is 16.5 Å². The minimum Gasteiger partial charge on any atom is -0.497 e. The van der Waals surface area contributed by atoms with Crippen LogP contribution in [0.3, 0.4) is 0 Å². The van der Waals surface area contributed by atoms with Gasteiger partial charge in [0.1, 0.15) is 5.75 Å². The zero-order chi connectivity index (χ0) is 23.8. The number of hydrogen-bond donors (Lipinski definition) is 0. The van der Waals surface area contributed by atoms with Crippen LogP contribution in [0.4, 0.5) is 0 Å². The maximum Gasteiger partial charge on any atom is 0.262 e. The Labute approximate surface area is 203 Å². The Kier molecular flexibility index (Phi) is 5.19. The minimum atomic E-state index is -0.0263. The first-order chi connectivity index (χ1) is 17.2. The molecule has 0 amide bonds. The molecule has 2 aromatic heterocycles. The van der Waals surface area contributed by atoms with E-state index in [0.29, 0.717) is 5.56 Å². The molecule has 35 heavy (non-hydrogen) atoms. The van der Waals surface area contributed by atoms with Crippen molar-refractivity contribution < 1.29 is 9.53 Å². The summed E-state index contributed by atoms with van der Waals surface area (Å²) in [5.74, 6) is 0.834. The Hall–Kier alpha value is -4.57. The molecule has 4 aromatic carbocycles. The van der Waals surface area contributed by atoms with Crippen molar-refractivity contribution in [1.82, 2.24) is 9.13 Å². The van der Waals surface area contributed by atoms with E-state index in [9.17, 15) is 4.79 Å². The summed E-state index contributed by atoms with van der Waals surface area (Å²) in [7, 11) is 1.68. The number of carbonyl (C=O) groups excluding carboxylic acids is 1. The Morgan fingerprint density at radius 3 is 2.09 bits per heavy atom. The van der Waals surface area contributed by atoms with Gasteiger partial charge in [-0.05, 0) is 70.6 Å². The van der Waals surface area contributed by atoms with Crippen molar-refractivity contribution in [1.29, 1.82) is 0 Å². The van der Waals surface area contributed by atoms with Crippen LogP contribution in [0, 0.1) is 0 Å². The second kappa shape index (κ2) is 8.65.